The third-order valence-electron chi connectivity index (χ3n) is 10.4. The number of imidazole rings is 1. The van der Waals surface area contributed by atoms with Gasteiger partial charge < -0.3 is 29.4 Å². The van der Waals surface area contributed by atoms with E-state index in [-0.39, 0.29) is 23.3 Å². The fourth-order valence-corrected chi connectivity index (χ4v) is 8.48. The number of aromatic nitrogens is 4. The van der Waals surface area contributed by atoms with Crippen LogP contribution in [0.2, 0.25) is 10.0 Å². The summed E-state index contributed by atoms with van der Waals surface area (Å²) in [5.41, 5.74) is 7.00. The van der Waals surface area contributed by atoms with Crippen molar-refractivity contribution in [3.63, 3.8) is 0 Å². The number of fused-ring (bicyclic) bond motifs is 1. The predicted molar refractivity (Wildman–Crippen MR) is 203 cm³/mol. The van der Waals surface area contributed by atoms with Crippen LogP contribution in [0.5, 0.6) is 11.6 Å². The van der Waals surface area contributed by atoms with Crippen LogP contribution in [0, 0.1) is 5.41 Å². The number of hydrogen-bond donors (Lipinski definition) is 2. The van der Waals surface area contributed by atoms with Crippen LogP contribution in [0.4, 0.5) is 0 Å². The highest BCUT2D eigenvalue weighted by Gasteiger charge is 2.52. The number of hydrogen-bond acceptors (Lipinski definition) is 9. The number of amides is 2. The summed E-state index contributed by atoms with van der Waals surface area (Å²) in [6.07, 6.45) is 7.11. The van der Waals surface area contributed by atoms with Crippen molar-refractivity contribution in [2.75, 3.05) is 46.9 Å². The number of nitrogens with zero attached hydrogens (tertiary/aromatic N) is 6. The maximum absolute atomic E-state index is 11.7. The minimum absolute atomic E-state index is 0.0969. The molecule has 274 valence electrons. The van der Waals surface area contributed by atoms with Gasteiger partial charge in [0.15, 0.2) is 11.4 Å². The minimum atomic E-state index is 0.0969. The lowest BCUT2D eigenvalue weighted by Crippen LogP contribution is -2.72. The second kappa shape index (κ2) is 14.2. The normalized spacial score (nSPS) is 17.9. The SMILES string of the molecule is COc1nc(-c2cccc(-c3ccnc(-c4cc(OC)c5nc(CN6CC7(C6)CN(C(C)=O)C7)cn5c4)c3Cl)c2Cl)ccc1CNC[C@H]1CCC(=O)N1. The number of benzene rings is 1. The molecule has 0 saturated carbocycles. The Morgan fingerprint density at radius 1 is 1.00 bits per heavy atom. The molecule has 0 unspecified atom stereocenters. The summed E-state index contributed by atoms with van der Waals surface area (Å²) in [5.74, 6) is 1.35. The van der Waals surface area contributed by atoms with Crippen molar-refractivity contribution in [3.8, 4) is 45.3 Å². The first-order valence-corrected chi connectivity index (χ1v) is 18.4. The van der Waals surface area contributed by atoms with E-state index in [1.165, 1.54) is 0 Å². The summed E-state index contributed by atoms with van der Waals surface area (Å²) in [4.78, 5) is 41.8. The van der Waals surface area contributed by atoms with Crippen LogP contribution in [0.15, 0.2) is 61.1 Å². The number of halogens is 2. The molecule has 0 radical (unpaired) electrons. The summed E-state index contributed by atoms with van der Waals surface area (Å²) in [6, 6.07) is 13.6. The van der Waals surface area contributed by atoms with Crippen molar-refractivity contribution < 1.29 is 19.1 Å². The summed E-state index contributed by atoms with van der Waals surface area (Å²) in [5, 5.41) is 7.33. The van der Waals surface area contributed by atoms with Gasteiger partial charge in [0.1, 0.15) is 0 Å². The second-order valence-corrected chi connectivity index (χ2v) is 15.0. The van der Waals surface area contributed by atoms with E-state index in [0.29, 0.717) is 64.8 Å². The molecule has 14 heteroatoms. The number of carbonyl (C=O) groups is 2. The molecule has 2 amide bonds. The fraction of sp³-hybridized carbons (Fsp3) is 0.359. The van der Waals surface area contributed by atoms with E-state index in [0.717, 1.165) is 66.1 Å². The van der Waals surface area contributed by atoms with Gasteiger partial charge in [0, 0.05) is 117 Å². The Bertz CT molecular complexity index is 2230. The Labute approximate surface area is 317 Å². The van der Waals surface area contributed by atoms with Crippen LogP contribution in [0.3, 0.4) is 0 Å². The average molecular weight is 756 g/mol. The smallest absolute Gasteiger partial charge is 0.220 e. The molecule has 3 fully saturated rings. The number of pyridine rings is 3. The topological polar surface area (TPSA) is 126 Å². The second-order valence-electron chi connectivity index (χ2n) is 14.3. The number of likely N-dealkylation sites (tertiary alicyclic amines) is 2. The maximum Gasteiger partial charge on any atom is 0.220 e. The van der Waals surface area contributed by atoms with Gasteiger partial charge in [-0.1, -0.05) is 47.5 Å². The van der Waals surface area contributed by atoms with Gasteiger partial charge in [-0.3, -0.25) is 19.5 Å². The Balaban J connectivity index is 1.02. The van der Waals surface area contributed by atoms with Crippen LogP contribution in [-0.2, 0) is 22.7 Å². The maximum atomic E-state index is 11.7. The first kappa shape index (κ1) is 35.3. The van der Waals surface area contributed by atoms with Gasteiger partial charge in [-0.05, 0) is 24.6 Å². The molecule has 2 N–H and O–H groups in total. The van der Waals surface area contributed by atoms with E-state index >= 15 is 0 Å². The molecule has 1 atom stereocenters. The number of carbonyl (C=O) groups excluding carboxylic acids is 2. The van der Waals surface area contributed by atoms with Gasteiger partial charge in [0.25, 0.3) is 0 Å². The number of rotatable bonds is 11. The van der Waals surface area contributed by atoms with Crippen LogP contribution < -0.4 is 20.1 Å². The lowest BCUT2D eigenvalue weighted by Gasteiger charge is -2.60. The lowest BCUT2D eigenvalue weighted by molar-refractivity contribution is -0.157. The van der Waals surface area contributed by atoms with Crippen LogP contribution in [-0.4, -0.2) is 94.0 Å². The Morgan fingerprint density at radius 2 is 1.79 bits per heavy atom. The van der Waals surface area contributed by atoms with E-state index in [1.54, 1.807) is 27.3 Å². The van der Waals surface area contributed by atoms with E-state index < -0.39 is 0 Å². The summed E-state index contributed by atoms with van der Waals surface area (Å²) in [7, 11) is 3.23. The third-order valence-corrected chi connectivity index (χ3v) is 11.2. The molecule has 3 saturated heterocycles. The molecule has 53 heavy (non-hydrogen) atoms. The Kier molecular flexibility index (Phi) is 9.48. The van der Waals surface area contributed by atoms with Crippen LogP contribution >= 0.6 is 23.2 Å². The Morgan fingerprint density at radius 3 is 2.53 bits per heavy atom. The quantitative estimate of drug-likeness (QED) is 0.180. The van der Waals surface area contributed by atoms with E-state index in [2.05, 4.69) is 20.5 Å². The first-order valence-electron chi connectivity index (χ1n) is 17.7. The number of nitrogens with one attached hydrogen (secondary N) is 2. The summed E-state index contributed by atoms with van der Waals surface area (Å²) in [6.45, 7) is 7.16. The van der Waals surface area contributed by atoms with Crippen molar-refractivity contribution in [2.24, 2.45) is 5.41 Å². The Hall–Kier alpha value is -4.75. The fourth-order valence-electron chi connectivity index (χ4n) is 7.84. The van der Waals surface area contributed by atoms with E-state index in [9.17, 15) is 9.59 Å². The monoisotopic (exact) mass is 754 g/mol. The van der Waals surface area contributed by atoms with Crippen molar-refractivity contribution >= 4 is 40.7 Å². The number of methoxy groups -OCH3 is 2. The molecule has 0 bridgehead atoms. The van der Waals surface area contributed by atoms with Crippen molar-refractivity contribution in [2.45, 2.75) is 38.9 Å². The summed E-state index contributed by atoms with van der Waals surface area (Å²) < 4.78 is 13.4. The molecular weight excluding hydrogens is 715 g/mol. The van der Waals surface area contributed by atoms with Gasteiger partial charge in [0.05, 0.1) is 41.3 Å². The number of ether oxygens (including phenoxy) is 2. The standard InChI is InChI=1S/C39H40Cl2N8O4/c1-23(50)49-21-39(22-49)19-47(20-39)17-27-18-48-16-25(13-32(52-2)37(48)45-27)36-35(41)29(11-12-43-36)28-5-4-6-30(34(28)40)31-9-7-24(38(46-31)53-3)14-42-15-26-8-10-33(51)44-26/h4-7,9,11-13,16,18,26,42H,8,10,14-15,17,19-22H2,1-3H3,(H,44,51)/t26-/m1/s1. The molecular formula is C39H40Cl2N8O4. The molecule has 4 aromatic heterocycles. The van der Waals surface area contributed by atoms with E-state index in [4.69, 9.17) is 42.6 Å². The molecule has 7 heterocycles. The van der Waals surface area contributed by atoms with Gasteiger partial charge in [0.2, 0.25) is 17.7 Å². The molecule has 12 nitrogen and oxygen atoms in total. The molecule has 1 aromatic carbocycles. The zero-order valence-electron chi connectivity index (χ0n) is 29.8. The van der Waals surface area contributed by atoms with Crippen LogP contribution in [0.25, 0.3) is 39.3 Å². The molecule has 1 spiro atoms. The third kappa shape index (κ3) is 6.80. The minimum Gasteiger partial charge on any atom is -0.493 e. The van der Waals surface area contributed by atoms with Crippen molar-refractivity contribution in [1.82, 2.24) is 39.8 Å². The zero-order valence-corrected chi connectivity index (χ0v) is 31.3. The van der Waals surface area contributed by atoms with Gasteiger partial charge >= 0.3 is 0 Å². The zero-order chi connectivity index (χ0) is 36.9. The highest BCUT2D eigenvalue weighted by atomic mass is 35.5. The van der Waals surface area contributed by atoms with Crippen molar-refractivity contribution in [3.05, 3.63) is 82.4 Å². The molecule has 8 rings (SSSR count). The first-order chi connectivity index (χ1) is 25.6. The highest BCUT2D eigenvalue weighted by Crippen LogP contribution is 2.43. The molecule has 3 aliphatic rings. The predicted octanol–water partition coefficient (Wildman–Crippen LogP) is 5.48. The van der Waals surface area contributed by atoms with Gasteiger partial charge in [-0.25, -0.2) is 9.97 Å². The highest BCUT2D eigenvalue weighted by molar-refractivity contribution is 6.39. The molecule has 3 aliphatic heterocycles. The largest absolute Gasteiger partial charge is 0.493 e. The average Bonchev–Trinajstić information content (AvgIpc) is 3.73. The lowest BCUT2D eigenvalue weighted by atomic mass is 9.73. The summed E-state index contributed by atoms with van der Waals surface area (Å²) >= 11 is 14.3. The van der Waals surface area contributed by atoms with Crippen LogP contribution in [0.1, 0.15) is 31.0 Å². The van der Waals surface area contributed by atoms with Gasteiger partial charge in [-0.15, -0.1) is 0 Å². The molecule has 5 aromatic rings. The van der Waals surface area contributed by atoms with Gasteiger partial charge in [-0.2, -0.15) is 0 Å². The van der Waals surface area contributed by atoms with E-state index in [1.807, 2.05) is 64.2 Å². The van der Waals surface area contributed by atoms with Crippen molar-refractivity contribution in [1.29, 1.82) is 0 Å². The molecule has 0 aliphatic carbocycles.